The normalized spacial score (nSPS) is 17.8. The molecule has 0 heterocycles. The smallest absolute Gasteiger partial charge is 0.101 e. The minimum atomic E-state index is -0.383. The molecule has 0 saturated heterocycles. The number of rotatable bonds is 0. The van der Waals surface area contributed by atoms with Gasteiger partial charge in [-0.05, 0) is 80.3 Å². The van der Waals surface area contributed by atoms with Crippen molar-refractivity contribution in [3.05, 3.63) is 92.0 Å². The third-order valence-corrected chi connectivity index (χ3v) is 10.2. The van der Waals surface area contributed by atoms with Crippen LogP contribution in [0.25, 0.3) is 11.1 Å². The summed E-state index contributed by atoms with van der Waals surface area (Å²) in [6.45, 7) is 27.4. The fourth-order valence-electron chi connectivity index (χ4n) is 8.60. The van der Waals surface area contributed by atoms with Crippen LogP contribution in [0.3, 0.4) is 0 Å². The Hall–Kier alpha value is -3.36. The Labute approximate surface area is 235 Å². The van der Waals surface area contributed by atoms with Crippen LogP contribution in [0.15, 0.2) is 36.4 Å². The number of fused-ring (bicyclic) bond motifs is 6. The molecule has 0 unspecified atom stereocenters. The topological polar surface area (TPSA) is 47.6 Å². The molecular weight excluding hydrogens is 472 g/mol. The van der Waals surface area contributed by atoms with E-state index in [1.807, 2.05) is 0 Å². The van der Waals surface area contributed by atoms with Crippen LogP contribution >= 0.6 is 0 Å². The van der Waals surface area contributed by atoms with Crippen molar-refractivity contribution in [1.82, 2.24) is 0 Å². The maximum atomic E-state index is 10.2. The lowest BCUT2D eigenvalue weighted by Gasteiger charge is -2.50. The Kier molecular flexibility index (Phi) is 5.48. The molecule has 0 atom stereocenters. The zero-order valence-corrected chi connectivity index (χ0v) is 25.9. The monoisotopic (exact) mass is 514 g/mol. The molecule has 0 saturated carbocycles. The lowest BCUT2D eigenvalue weighted by molar-refractivity contribution is 0.230. The van der Waals surface area contributed by atoms with Crippen molar-refractivity contribution in [2.45, 2.75) is 110 Å². The van der Waals surface area contributed by atoms with Crippen molar-refractivity contribution < 1.29 is 0 Å². The second kappa shape index (κ2) is 7.86. The molecule has 2 heteroatoms. The van der Waals surface area contributed by atoms with Crippen molar-refractivity contribution in [3.8, 4) is 23.3 Å². The van der Waals surface area contributed by atoms with E-state index in [9.17, 15) is 10.5 Å². The summed E-state index contributed by atoms with van der Waals surface area (Å²) in [6, 6.07) is 19.1. The van der Waals surface area contributed by atoms with Crippen LogP contribution < -0.4 is 0 Å². The fraction of sp³-hybridized carbons (Fsp3) is 0.459. The van der Waals surface area contributed by atoms with Crippen molar-refractivity contribution in [1.29, 1.82) is 10.5 Å². The van der Waals surface area contributed by atoms with E-state index in [1.165, 1.54) is 44.5 Å². The van der Waals surface area contributed by atoms with E-state index >= 15 is 0 Å². The zero-order valence-electron chi connectivity index (χ0n) is 25.9. The molecule has 2 nitrogen and oxygen atoms in total. The van der Waals surface area contributed by atoms with Gasteiger partial charge in [-0.2, -0.15) is 10.5 Å². The second-order valence-electron chi connectivity index (χ2n) is 15.0. The van der Waals surface area contributed by atoms with E-state index in [4.69, 9.17) is 0 Å². The number of hydrogen-bond donors (Lipinski definition) is 0. The maximum absolute atomic E-state index is 10.2. The molecule has 2 aliphatic rings. The number of hydrogen-bond acceptors (Lipinski definition) is 2. The molecule has 0 radical (unpaired) electrons. The van der Waals surface area contributed by atoms with Gasteiger partial charge in [-0.25, -0.2) is 0 Å². The van der Waals surface area contributed by atoms with Crippen molar-refractivity contribution in [2.24, 2.45) is 0 Å². The van der Waals surface area contributed by atoms with Crippen molar-refractivity contribution in [3.63, 3.8) is 0 Å². The van der Waals surface area contributed by atoms with Crippen LogP contribution in [-0.4, -0.2) is 0 Å². The summed E-state index contributed by atoms with van der Waals surface area (Å²) < 4.78 is 0. The van der Waals surface area contributed by atoms with Gasteiger partial charge >= 0.3 is 0 Å². The summed E-state index contributed by atoms with van der Waals surface area (Å²) in [6.07, 6.45) is 0. The first-order valence-corrected chi connectivity index (χ1v) is 14.2. The number of benzene rings is 3. The Morgan fingerprint density at radius 1 is 0.590 bits per heavy atom. The SMILES string of the molecule is Cc1c(C#N)c(C#N)c(C)c2c1C(C)(C)C1(c3cc(C(C)(C)C)ccc3-c3ccc(C(C)(C)C)cc31)C2(C)C. The summed E-state index contributed by atoms with van der Waals surface area (Å²) in [5, 5.41) is 20.4. The van der Waals surface area contributed by atoms with E-state index in [-0.39, 0.29) is 27.1 Å². The van der Waals surface area contributed by atoms with Crippen LogP contribution in [-0.2, 0) is 27.1 Å². The van der Waals surface area contributed by atoms with Gasteiger partial charge in [0.25, 0.3) is 0 Å². The molecular formula is C37H42N2. The number of nitriles is 2. The summed E-state index contributed by atoms with van der Waals surface area (Å²) >= 11 is 0. The van der Waals surface area contributed by atoms with Gasteiger partial charge in [0.1, 0.15) is 12.1 Å². The fourth-order valence-corrected chi connectivity index (χ4v) is 8.60. The Morgan fingerprint density at radius 3 is 1.21 bits per heavy atom. The molecule has 2 aliphatic carbocycles. The molecule has 1 spiro atoms. The lowest BCUT2D eigenvalue weighted by Crippen LogP contribution is -2.51. The molecule has 0 bridgehead atoms. The van der Waals surface area contributed by atoms with Gasteiger partial charge in [-0.15, -0.1) is 0 Å². The lowest BCUT2D eigenvalue weighted by atomic mass is 9.51. The van der Waals surface area contributed by atoms with Gasteiger partial charge in [0.05, 0.1) is 11.1 Å². The highest BCUT2D eigenvalue weighted by Crippen LogP contribution is 2.72. The highest BCUT2D eigenvalue weighted by atomic mass is 14.7. The second-order valence-corrected chi connectivity index (χ2v) is 15.0. The van der Waals surface area contributed by atoms with E-state index < -0.39 is 0 Å². The maximum Gasteiger partial charge on any atom is 0.101 e. The first kappa shape index (κ1) is 27.2. The summed E-state index contributed by atoms with van der Waals surface area (Å²) in [4.78, 5) is 0. The van der Waals surface area contributed by atoms with Gasteiger partial charge in [-0.3, -0.25) is 0 Å². The Morgan fingerprint density at radius 2 is 0.923 bits per heavy atom. The van der Waals surface area contributed by atoms with Gasteiger partial charge in [0.15, 0.2) is 0 Å². The molecule has 0 N–H and O–H groups in total. The predicted molar refractivity (Wildman–Crippen MR) is 161 cm³/mol. The molecule has 3 aromatic carbocycles. The molecule has 0 amide bonds. The highest BCUT2D eigenvalue weighted by molar-refractivity contribution is 5.87. The molecule has 0 aliphatic heterocycles. The molecule has 3 aromatic rings. The predicted octanol–water partition coefficient (Wildman–Crippen LogP) is 9.18. The van der Waals surface area contributed by atoms with E-state index in [0.29, 0.717) is 11.1 Å². The third kappa shape index (κ3) is 3.13. The van der Waals surface area contributed by atoms with Crippen LogP contribution in [0.4, 0.5) is 0 Å². The molecule has 0 aromatic heterocycles. The quantitative estimate of drug-likeness (QED) is 0.300. The summed E-state index contributed by atoms with van der Waals surface area (Å²) in [5.74, 6) is 0. The molecule has 5 rings (SSSR count). The van der Waals surface area contributed by atoms with Crippen LogP contribution in [0.5, 0.6) is 0 Å². The first-order chi connectivity index (χ1) is 17.9. The van der Waals surface area contributed by atoms with Gasteiger partial charge < -0.3 is 0 Å². The third-order valence-electron chi connectivity index (χ3n) is 10.2. The number of nitrogens with zero attached hydrogens (tertiary/aromatic N) is 2. The average Bonchev–Trinajstić information content (AvgIpc) is 3.21. The van der Waals surface area contributed by atoms with Gasteiger partial charge in [-0.1, -0.05) is 106 Å². The van der Waals surface area contributed by atoms with E-state index in [1.54, 1.807) is 0 Å². The molecule has 200 valence electrons. The van der Waals surface area contributed by atoms with Crippen molar-refractivity contribution >= 4 is 0 Å². The minimum Gasteiger partial charge on any atom is -0.192 e. The molecule has 39 heavy (non-hydrogen) atoms. The largest absolute Gasteiger partial charge is 0.192 e. The van der Waals surface area contributed by atoms with Crippen LogP contribution in [0.1, 0.15) is 125 Å². The summed E-state index contributed by atoms with van der Waals surface area (Å²) in [5.41, 5.74) is 12.4. The minimum absolute atomic E-state index is 0.00902. The summed E-state index contributed by atoms with van der Waals surface area (Å²) in [7, 11) is 0. The Bertz CT molecular complexity index is 1530. The molecule has 0 fully saturated rings. The Balaban J connectivity index is 2.04. The standard InChI is InChI=1S/C37H42N2/c1-21-27(19-38)28(20-39)22(2)32-31(21)35(9,10)37(36(32,11)12)29-17-23(33(3,4)5)13-15-25(29)26-16-14-24(18-30(26)37)34(6,7)8/h13-18H,1-12H3. The highest BCUT2D eigenvalue weighted by Gasteiger charge is 2.68. The van der Waals surface area contributed by atoms with E-state index in [0.717, 1.165) is 11.1 Å². The van der Waals surface area contributed by atoms with Gasteiger partial charge in [0.2, 0.25) is 0 Å². The zero-order chi connectivity index (χ0) is 29.1. The van der Waals surface area contributed by atoms with E-state index in [2.05, 4.69) is 132 Å². The van der Waals surface area contributed by atoms with Crippen molar-refractivity contribution in [2.75, 3.05) is 0 Å². The average molecular weight is 515 g/mol. The first-order valence-electron chi connectivity index (χ1n) is 14.2. The van der Waals surface area contributed by atoms with Crippen LogP contribution in [0, 0.1) is 36.5 Å². The van der Waals surface area contributed by atoms with Gasteiger partial charge in [0, 0.05) is 16.2 Å². The van der Waals surface area contributed by atoms with Crippen LogP contribution in [0.2, 0.25) is 0 Å².